The van der Waals surface area contributed by atoms with E-state index >= 15 is 0 Å². The Bertz CT molecular complexity index is 637. The molecule has 2 fully saturated rings. The van der Waals surface area contributed by atoms with Crippen LogP contribution in [0.2, 0.25) is 0 Å². The van der Waals surface area contributed by atoms with Crippen molar-refractivity contribution in [2.24, 2.45) is 5.92 Å². The maximum absolute atomic E-state index is 12.5. The molecule has 2 bridgehead atoms. The van der Waals surface area contributed by atoms with E-state index < -0.39 is 0 Å². The normalized spacial score (nSPS) is 24.1. The molecule has 2 heterocycles. The molecule has 3 atom stereocenters. The van der Waals surface area contributed by atoms with Crippen LogP contribution < -0.4 is 10.6 Å². The van der Waals surface area contributed by atoms with Gasteiger partial charge in [-0.25, -0.2) is 4.79 Å². The van der Waals surface area contributed by atoms with Gasteiger partial charge < -0.3 is 25.2 Å². The lowest BCUT2D eigenvalue weighted by molar-refractivity contribution is -0.127. The Morgan fingerprint density at radius 1 is 1.15 bits per heavy atom. The van der Waals surface area contributed by atoms with Crippen LogP contribution in [0, 0.1) is 5.92 Å². The Morgan fingerprint density at radius 2 is 1.93 bits per heavy atom. The minimum absolute atomic E-state index is 0.0377. The second-order valence-corrected chi connectivity index (χ2v) is 7.61. The zero-order valence-corrected chi connectivity index (χ0v) is 16.2. The number of morpholine rings is 1. The van der Waals surface area contributed by atoms with E-state index in [-0.39, 0.29) is 30.1 Å². The van der Waals surface area contributed by atoms with Gasteiger partial charge in [0.25, 0.3) is 0 Å². The van der Waals surface area contributed by atoms with E-state index in [1.54, 1.807) is 4.90 Å². The molecular formula is C20H30N4O3. The number of hydrogen-bond donors (Lipinski definition) is 2. The first-order valence-electron chi connectivity index (χ1n) is 9.67. The van der Waals surface area contributed by atoms with Crippen LogP contribution in [-0.4, -0.2) is 80.8 Å². The Kier molecular flexibility index (Phi) is 6.68. The number of carbonyl (C=O) groups excluding carboxylic acids is 2. The molecule has 1 aromatic carbocycles. The molecule has 0 spiro atoms. The predicted molar refractivity (Wildman–Crippen MR) is 103 cm³/mol. The van der Waals surface area contributed by atoms with Gasteiger partial charge >= 0.3 is 6.03 Å². The number of fused-ring (bicyclic) bond motifs is 2. The summed E-state index contributed by atoms with van der Waals surface area (Å²) < 4.78 is 5.92. The van der Waals surface area contributed by atoms with Crippen molar-refractivity contribution in [3.8, 4) is 0 Å². The van der Waals surface area contributed by atoms with Crippen LogP contribution in [-0.2, 0) is 16.0 Å². The highest BCUT2D eigenvalue weighted by Gasteiger charge is 2.45. The molecule has 2 aliphatic rings. The number of likely N-dealkylation sites (N-methyl/N-ethyl adjacent to an activating group) is 1. The molecule has 1 aromatic rings. The first-order chi connectivity index (χ1) is 13.0. The van der Waals surface area contributed by atoms with Crippen LogP contribution in [0.25, 0.3) is 0 Å². The summed E-state index contributed by atoms with van der Waals surface area (Å²) in [6, 6.07) is 10.0. The van der Waals surface area contributed by atoms with Crippen molar-refractivity contribution in [2.45, 2.75) is 25.0 Å². The summed E-state index contributed by atoms with van der Waals surface area (Å²) in [6.07, 6.45) is 1.24. The first kappa shape index (κ1) is 19.6. The quantitative estimate of drug-likeness (QED) is 0.737. The number of amides is 3. The molecule has 2 saturated heterocycles. The number of rotatable bonds is 7. The van der Waals surface area contributed by atoms with E-state index in [0.717, 1.165) is 13.0 Å². The summed E-state index contributed by atoms with van der Waals surface area (Å²) in [5, 5.41) is 5.97. The smallest absolute Gasteiger partial charge is 0.317 e. The van der Waals surface area contributed by atoms with Gasteiger partial charge in [0.05, 0.1) is 18.1 Å². The van der Waals surface area contributed by atoms with Crippen molar-refractivity contribution in [1.29, 1.82) is 0 Å². The number of likely N-dealkylation sites (tertiary alicyclic amines) is 1. The van der Waals surface area contributed by atoms with Crippen molar-refractivity contribution in [3.05, 3.63) is 35.9 Å². The van der Waals surface area contributed by atoms with Crippen molar-refractivity contribution >= 4 is 11.9 Å². The number of nitrogens with one attached hydrogen (secondary N) is 2. The fraction of sp³-hybridized carbons (Fsp3) is 0.600. The van der Waals surface area contributed by atoms with Crippen LogP contribution in [0.5, 0.6) is 0 Å². The summed E-state index contributed by atoms with van der Waals surface area (Å²) >= 11 is 0. The lowest BCUT2D eigenvalue weighted by Crippen LogP contribution is -2.51. The zero-order chi connectivity index (χ0) is 19.2. The Morgan fingerprint density at radius 3 is 2.67 bits per heavy atom. The average molecular weight is 374 g/mol. The van der Waals surface area contributed by atoms with Crippen molar-refractivity contribution in [3.63, 3.8) is 0 Å². The Labute approximate surface area is 161 Å². The largest absolute Gasteiger partial charge is 0.370 e. The number of nitrogens with zero attached hydrogens (tertiary/aromatic N) is 2. The number of urea groups is 1. The number of benzene rings is 1. The zero-order valence-electron chi connectivity index (χ0n) is 16.2. The molecule has 3 unspecified atom stereocenters. The number of ether oxygens (including phenoxy) is 1. The van der Waals surface area contributed by atoms with Gasteiger partial charge in [-0.1, -0.05) is 30.3 Å². The molecule has 0 saturated carbocycles. The van der Waals surface area contributed by atoms with Gasteiger partial charge in [0.2, 0.25) is 5.91 Å². The second-order valence-electron chi connectivity index (χ2n) is 7.61. The maximum Gasteiger partial charge on any atom is 0.317 e. The summed E-state index contributed by atoms with van der Waals surface area (Å²) in [4.78, 5) is 28.8. The molecule has 2 N–H and O–H groups in total. The van der Waals surface area contributed by atoms with Crippen LogP contribution in [0.1, 0.15) is 12.0 Å². The van der Waals surface area contributed by atoms with Crippen LogP contribution in [0.15, 0.2) is 30.3 Å². The van der Waals surface area contributed by atoms with E-state index in [0.29, 0.717) is 32.6 Å². The van der Waals surface area contributed by atoms with Crippen molar-refractivity contribution in [2.75, 3.05) is 46.8 Å². The fourth-order valence-electron chi connectivity index (χ4n) is 3.70. The summed E-state index contributed by atoms with van der Waals surface area (Å²) in [5.74, 6) is -0.130. The molecule has 27 heavy (non-hydrogen) atoms. The first-order valence-corrected chi connectivity index (χ1v) is 9.67. The van der Waals surface area contributed by atoms with Crippen LogP contribution in [0.3, 0.4) is 0 Å². The third-order valence-electron chi connectivity index (χ3n) is 5.17. The highest BCUT2D eigenvalue weighted by molar-refractivity contribution is 5.80. The average Bonchev–Trinajstić information content (AvgIpc) is 2.96. The SMILES string of the molecule is CN(C)CCNC(=O)C1CC2CN(C(=O)NCCc3ccccc3)CC1O2. The molecule has 7 heteroatoms. The standard InChI is InChI=1S/C20H30N4O3/c1-23(2)11-10-21-19(25)17-12-16-13-24(14-18(17)27-16)20(26)22-9-8-15-6-4-3-5-7-15/h3-7,16-18H,8-14H2,1-2H3,(H,21,25)(H,22,26). The second kappa shape index (κ2) is 9.19. The summed E-state index contributed by atoms with van der Waals surface area (Å²) in [5.41, 5.74) is 1.20. The van der Waals surface area contributed by atoms with Gasteiger partial charge in [-0.3, -0.25) is 4.79 Å². The maximum atomic E-state index is 12.5. The highest BCUT2D eigenvalue weighted by Crippen LogP contribution is 2.32. The molecule has 148 valence electrons. The monoisotopic (exact) mass is 374 g/mol. The molecular weight excluding hydrogens is 344 g/mol. The fourth-order valence-corrected chi connectivity index (χ4v) is 3.70. The lowest BCUT2D eigenvalue weighted by Gasteiger charge is -2.32. The molecule has 0 radical (unpaired) electrons. The van der Waals surface area contributed by atoms with E-state index in [4.69, 9.17) is 4.74 Å². The summed E-state index contributed by atoms with van der Waals surface area (Å²) in [6.45, 7) is 3.06. The lowest BCUT2D eigenvalue weighted by atomic mass is 9.99. The van der Waals surface area contributed by atoms with Crippen LogP contribution in [0.4, 0.5) is 4.79 Å². The third-order valence-corrected chi connectivity index (χ3v) is 5.17. The molecule has 7 nitrogen and oxygen atoms in total. The molecule has 3 rings (SSSR count). The van der Waals surface area contributed by atoms with Gasteiger partial charge in [-0.2, -0.15) is 0 Å². The number of carbonyl (C=O) groups is 2. The molecule has 2 aliphatic heterocycles. The van der Waals surface area contributed by atoms with Gasteiger partial charge in [0.1, 0.15) is 0 Å². The van der Waals surface area contributed by atoms with E-state index in [9.17, 15) is 9.59 Å². The highest BCUT2D eigenvalue weighted by atomic mass is 16.5. The molecule has 0 aromatic heterocycles. The predicted octanol–water partition coefficient (Wildman–Crippen LogP) is 0.706. The summed E-state index contributed by atoms with van der Waals surface area (Å²) in [7, 11) is 3.96. The number of hydrogen-bond acceptors (Lipinski definition) is 4. The minimum atomic E-state index is -0.206. The van der Waals surface area contributed by atoms with Gasteiger partial charge in [0, 0.05) is 32.7 Å². The van der Waals surface area contributed by atoms with Gasteiger partial charge in [-0.15, -0.1) is 0 Å². The van der Waals surface area contributed by atoms with Gasteiger partial charge in [0.15, 0.2) is 0 Å². The Hall–Kier alpha value is -2.12. The topological polar surface area (TPSA) is 73.9 Å². The van der Waals surface area contributed by atoms with Crippen LogP contribution >= 0.6 is 0 Å². The van der Waals surface area contributed by atoms with E-state index in [1.165, 1.54) is 5.56 Å². The van der Waals surface area contributed by atoms with Crippen molar-refractivity contribution < 1.29 is 14.3 Å². The van der Waals surface area contributed by atoms with Crippen molar-refractivity contribution in [1.82, 2.24) is 20.4 Å². The molecule has 3 amide bonds. The molecule has 0 aliphatic carbocycles. The van der Waals surface area contributed by atoms with E-state index in [2.05, 4.69) is 22.8 Å². The minimum Gasteiger partial charge on any atom is -0.370 e. The third kappa shape index (κ3) is 5.43. The van der Waals surface area contributed by atoms with Gasteiger partial charge in [-0.05, 0) is 32.5 Å². The Balaban J connectivity index is 1.44. The van der Waals surface area contributed by atoms with E-state index in [1.807, 2.05) is 37.2 Å².